The number of aryl methyl sites for hydroxylation is 1. The number of carboxylic acid groups (broad SMARTS) is 1. The number of fused-ring (bicyclic) bond motifs is 1. The number of rotatable bonds is 9. The standard InChI is InChI=1S/C29H23F4N3O4/c1-29(39,16-4-2-3-15(11-16)5-8-24(37)38)23-14-35-28(36-23)19-12-17(6-7-20(19)30)40-26-21(31)13-22-18(9-10-34-22)25(26)27(32)33/h2-4,6-7,9-14,27,34,39H,5,8H2,1H3,(H,35,36)(H,37,38). The number of aliphatic hydroxyl groups is 1. The lowest BCUT2D eigenvalue weighted by Gasteiger charge is -2.23. The van der Waals surface area contributed by atoms with Crippen molar-refractivity contribution >= 4 is 16.9 Å². The summed E-state index contributed by atoms with van der Waals surface area (Å²) in [5.74, 6) is -3.46. The molecule has 11 heteroatoms. The molecule has 0 amide bonds. The van der Waals surface area contributed by atoms with Crippen LogP contribution in [0, 0.1) is 11.6 Å². The van der Waals surface area contributed by atoms with E-state index in [0.29, 0.717) is 11.1 Å². The van der Waals surface area contributed by atoms with Crippen LogP contribution in [0.1, 0.15) is 42.2 Å². The smallest absolute Gasteiger partial charge is 0.303 e. The van der Waals surface area contributed by atoms with Crippen LogP contribution in [0.2, 0.25) is 0 Å². The van der Waals surface area contributed by atoms with Crippen molar-refractivity contribution in [2.24, 2.45) is 0 Å². The van der Waals surface area contributed by atoms with Gasteiger partial charge in [-0.15, -0.1) is 0 Å². The van der Waals surface area contributed by atoms with Crippen molar-refractivity contribution in [3.8, 4) is 22.9 Å². The second-order valence-electron chi connectivity index (χ2n) is 9.40. The Kier molecular flexibility index (Phi) is 7.07. The summed E-state index contributed by atoms with van der Waals surface area (Å²) in [6.45, 7) is 1.50. The summed E-state index contributed by atoms with van der Waals surface area (Å²) in [5, 5.41) is 20.3. The number of H-pyrrole nitrogens is 2. The molecule has 5 aromatic rings. The third-order valence-electron chi connectivity index (χ3n) is 6.65. The van der Waals surface area contributed by atoms with Gasteiger partial charge in [0.15, 0.2) is 11.6 Å². The fraction of sp³-hybridized carbons (Fsp3) is 0.172. The molecule has 1 atom stereocenters. The number of aromatic nitrogens is 3. The molecule has 0 aliphatic carbocycles. The van der Waals surface area contributed by atoms with Gasteiger partial charge >= 0.3 is 5.97 Å². The molecule has 0 spiro atoms. The minimum Gasteiger partial charge on any atom is -0.481 e. The number of carbonyl (C=O) groups is 1. The molecule has 1 unspecified atom stereocenters. The number of aromatic amines is 2. The molecule has 0 bridgehead atoms. The Morgan fingerprint density at radius 1 is 1.10 bits per heavy atom. The van der Waals surface area contributed by atoms with Crippen molar-refractivity contribution in [3.63, 3.8) is 0 Å². The monoisotopic (exact) mass is 553 g/mol. The van der Waals surface area contributed by atoms with Gasteiger partial charge < -0.3 is 24.9 Å². The topological polar surface area (TPSA) is 111 Å². The van der Waals surface area contributed by atoms with Crippen molar-refractivity contribution in [3.05, 3.63) is 101 Å². The van der Waals surface area contributed by atoms with Gasteiger partial charge in [0.1, 0.15) is 23.0 Å². The first-order chi connectivity index (χ1) is 19.0. The minimum atomic E-state index is -3.04. The van der Waals surface area contributed by atoms with Crippen molar-refractivity contribution < 1.29 is 37.3 Å². The van der Waals surface area contributed by atoms with Gasteiger partial charge in [-0.25, -0.2) is 22.5 Å². The summed E-state index contributed by atoms with van der Waals surface area (Å²) in [6.07, 6.45) is -0.108. The van der Waals surface area contributed by atoms with Crippen molar-refractivity contribution in [1.29, 1.82) is 0 Å². The van der Waals surface area contributed by atoms with Gasteiger partial charge in [-0.2, -0.15) is 0 Å². The average Bonchev–Trinajstić information content (AvgIpc) is 3.59. The Bertz CT molecular complexity index is 1710. The third kappa shape index (κ3) is 5.15. The van der Waals surface area contributed by atoms with Gasteiger partial charge in [-0.1, -0.05) is 24.3 Å². The lowest BCUT2D eigenvalue weighted by molar-refractivity contribution is -0.136. The number of hydrogen-bond donors (Lipinski definition) is 4. The normalized spacial score (nSPS) is 13.1. The maximum Gasteiger partial charge on any atom is 0.303 e. The molecule has 3 aromatic carbocycles. The quantitative estimate of drug-likeness (QED) is 0.149. The zero-order valence-electron chi connectivity index (χ0n) is 21.0. The summed E-state index contributed by atoms with van der Waals surface area (Å²) in [4.78, 5) is 20.7. The molecule has 5 rings (SSSR count). The van der Waals surface area contributed by atoms with Gasteiger partial charge in [0.25, 0.3) is 6.43 Å². The van der Waals surface area contributed by atoms with Crippen LogP contribution in [0.4, 0.5) is 17.6 Å². The van der Waals surface area contributed by atoms with E-state index >= 15 is 0 Å². The number of nitrogens with one attached hydrogen (secondary N) is 2. The number of ether oxygens (including phenoxy) is 1. The van der Waals surface area contributed by atoms with E-state index < -0.39 is 40.9 Å². The number of hydrogen-bond acceptors (Lipinski definition) is 4. The van der Waals surface area contributed by atoms with Gasteiger partial charge in [0, 0.05) is 29.6 Å². The molecule has 0 aliphatic heterocycles. The maximum absolute atomic E-state index is 14.9. The Hall–Kier alpha value is -4.64. The summed E-state index contributed by atoms with van der Waals surface area (Å²) < 4.78 is 63.0. The van der Waals surface area contributed by atoms with E-state index in [4.69, 9.17) is 9.84 Å². The lowest BCUT2D eigenvalue weighted by atomic mass is 9.91. The molecule has 2 aromatic heterocycles. The summed E-state index contributed by atoms with van der Waals surface area (Å²) >= 11 is 0. The van der Waals surface area contributed by atoms with Crippen molar-refractivity contribution in [2.75, 3.05) is 0 Å². The van der Waals surface area contributed by atoms with Crippen LogP contribution in [0.5, 0.6) is 11.5 Å². The first-order valence-electron chi connectivity index (χ1n) is 12.2. The van der Waals surface area contributed by atoms with Crippen LogP contribution in [0.3, 0.4) is 0 Å². The second kappa shape index (κ2) is 10.5. The number of nitrogens with zero attached hydrogens (tertiary/aromatic N) is 1. The number of imidazole rings is 1. The van der Waals surface area contributed by atoms with E-state index in [1.54, 1.807) is 24.3 Å². The van der Waals surface area contributed by atoms with Crippen LogP contribution in [-0.2, 0) is 16.8 Å². The van der Waals surface area contributed by atoms with E-state index in [2.05, 4.69) is 15.0 Å². The first-order valence-corrected chi connectivity index (χ1v) is 12.2. The van der Waals surface area contributed by atoms with Crippen LogP contribution in [0.15, 0.2) is 67.0 Å². The molecular weight excluding hydrogens is 530 g/mol. The summed E-state index contributed by atoms with van der Waals surface area (Å²) in [7, 11) is 0. The Morgan fingerprint density at radius 3 is 2.65 bits per heavy atom. The predicted octanol–water partition coefficient (Wildman–Crippen LogP) is 6.84. The average molecular weight is 554 g/mol. The van der Waals surface area contributed by atoms with E-state index in [-0.39, 0.29) is 46.6 Å². The lowest BCUT2D eigenvalue weighted by Crippen LogP contribution is -2.23. The van der Waals surface area contributed by atoms with E-state index in [9.17, 15) is 27.5 Å². The molecule has 40 heavy (non-hydrogen) atoms. The third-order valence-corrected chi connectivity index (χ3v) is 6.65. The Morgan fingerprint density at radius 2 is 1.90 bits per heavy atom. The van der Waals surface area contributed by atoms with Crippen LogP contribution in [-0.4, -0.2) is 31.1 Å². The van der Waals surface area contributed by atoms with Crippen molar-refractivity contribution in [1.82, 2.24) is 15.0 Å². The highest BCUT2D eigenvalue weighted by atomic mass is 19.3. The molecule has 0 saturated carbocycles. The van der Waals surface area contributed by atoms with E-state index in [0.717, 1.165) is 12.1 Å². The number of alkyl halides is 2. The molecule has 0 fully saturated rings. The highest BCUT2D eigenvalue weighted by Crippen LogP contribution is 2.41. The zero-order valence-corrected chi connectivity index (χ0v) is 21.0. The minimum absolute atomic E-state index is 0.0101. The Labute approximate surface area is 225 Å². The second-order valence-corrected chi connectivity index (χ2v) is 9.40. The molecule has 4 N–H and O–H groups in total. The molecule has 7 nitrogen and oxygen atoms in total. The molecular formula is C29H23F4N3O4. The Balaban J connectivity index is 1.46. The molecule has 0 radical (unpaired) electrons. The highest BCUT2D eigenvalue weighted by molar-refractivity contribution is 5.86. The van der Waals surface area contributed by atoms with E-state index in [1.165, 1.54) is 37.5 Å². The fourth-order valence-electron chi connectivity index (χ4n) is 4.51. The SMILES string of the molecule is CC(O)(c1cccc(CCC(=O)O)c1)c1cnc(-c2cc(Oc3c(F)cc4[nH]ccc4c3C(F)F)ccc2F)[nH]1. The van der Waals surface area contributed by atoms with Crippen LogP contribution < -0.4 is 4.74 Å². The zero-order chi connectivity index (χ0) is 28.6. The van der Waals surface area contributed by atoms with Crippen LogP contribution >= 0.6 is 0 Å². The van der Waals surface area contributed by atoms with Gasteiger partial charge in [0.05, 0.1) is 23.0 Å². The summed E-state index contributed by atoms with van der Waals surface area (Å²) in [5.41, 5.74) is -0.769. The number of benzene rings is 3. The number of halogens is 4. The van der Waals surface area contributed by atoms with Gasteiger partial charge in [0.2, 0.25) is 0 Å². The molecule has 0 aliphatic rings. The molecule has 206 valence electrons. The molecule has 0 saturated heterocycles. The van der Waals surface area contributed by atoms with Crippen LogP contribution in [0.25, 0.3) is 22.3 Å². The maximum atomic E-state index is 14.9. The largest absolute Gasteiger partial charge is 0.481 e. The molecule has 2 heterocycles. The van der Waals surface area contributed by atoms with E-state index in [1.807, 2.05) is 0 Å². The van der Waals surface area contributed by atoms with Gasteiger partial charge in [-0.3, -0.25) is 4.79 Å². The highest BCUT2D eigenvalue weighted by Gasteiger charge is 2.29. The van der Waals surface area contributed by atoms with Crippen molar-refractivity contribution in [2.45, 2.75) is 31.8 Å². The number of carboxylic acids is 1. The predicted molar refractivity (Wildman–Crippen MR) is 138 cm³/mol. The first kappa shape index (κ1) is 26.9. The fourth-order valence-corrected chi connectivity index (χ4v) is 4.51. The number of aliphatic carboxylic acids is 1. The summed E-state index contributed by atoms with van der Waals surface area (Å²) in [6, 6.07) is 12.6. The van der Waals surface area contributed by atoms with Gasteiger partial charge in [-0.05, 0) is 48.7 Å².